The minimum absolute atomic E-state index is 0.0769. The number of carbonyl (C=O) groups is 2. The fraction of sp³-hybridized carbons (Fsp3) is 0.636. The zero-order valence-electron chi connectivity index (χ0n) is 17.5. The Hall–Kier alpha value is -1.23. The second kappa shape index (κ2) is 8.42. The number of benzene rings is 1. The SMILES string of the molecule is [B]C(C)(C)CC(C)(C)c1ccc(N2C(=O)CC(SC(CC)CC)C2=O)cc1. The van der Waals surface area contributed by atoms with Crippen LogP contribution in [0.5, 0.6) is 0 Å². The molecule has 5 heteroatoms. The number of amides is 2. The molecule has 2 rings (SSSR count). The number of hydrogen-bond donors (Lipinski definition) is 0. The summed E-state index contributed by atoms with van der Waals surface area (Å²) in [6, 6.07) is 7.81. The van der Waals surface area contributed by atoms with Gasteiger partial charge in [-0.05, 0) is 42.4 Å². The monoisotopic (exact) mass is 385 g/mol. The molecular formula is C22H32BNO2S. The minimum Gasteiger partial charge on any atom is -0.274 e. The van der Waals surface area contributed by atoms with E-state index in [-0.39, 0.29) is 27.8 Å². The maximum absolute atomic E-state index is 12.8. The summed E-state index contributed by atoms with van der Waals surface area (Å²) in [4.78, 5) is 26.7. The molecule has 1 saturated heterocycles. The molecule has 1 aromatic carbocycles. The maximum atomic E-state index is 12.8. The lowest BCUT2D eigenvalue weighted by Gasteiger charge is -2.33. The minimum atomic E-state index is -0.261. The number of carbonyl (C=O) groups excluding carboxylic acids is 2. The molecule has 1 atom stereocenters. The molecule has 1 aliphatic rings. The van der Waals surface area contributed by atoms with Crippen molar-refractivity contribution in [3.63, 3.8) is 0 Å². The number of hydrogen-bond acceptors (Lipinski definition) is 3. The third-order valence-electron chi connectivity index (χ3n) is 5.18. The van der Waals surface area contributed by atoms with Crippen LogP contribution in [0.25, 0.3) is 0 Å². The summed E-state index contributed by atoms with van der Waals surface area (Å²) in [6.45, 7) is 12.7. The largest absolute Gasteiger partial charge is 0.274 e. The molecule has 1 aromatic rings. The lowest BCUT2D eigenvalue weighted by Crippen LogP contribution is -2.31. The maximum Gasteiger partial charge on any atom is 0.247 e. The standard InChI is InChI=1S/C22H32BNO2S/c1-7-17(8-2)27-18-13-19(25)24(20(18)26)16-11-9-15(10-12-16)21(3,4)14-22(5,6)23/h9-12,17-18H,7-8,13-14H2,1-6H3. The smallest absolute Gasteiger partial charge is 0.247 e. The van der Waals surface area contributed by atoms with Crippen molar-refractivity contribution in [1.82, 2.24) is 0 Å². The molecule has 0 saturated carbocycles. The molecule has 0 aliphatic carbocycles. The van der Waals surface area contributed by atoms with Gasteiger partial charge in [0.25, 0.3) is 0 Å². The van der Waals surface area contributed by atoms with E-state index in [4.69, 9.17) is 7.85 Å². The Morgan fingerprint density at radius 1 is 1.11 bits per heavy atom. The van der Waals surface area contributed by atoms with Crippen LogP contribution in [0.15, 0.2) is 24.3 Å². The van der Waals surface area contributed by atoms with Crippen molar-refractivity contribution in [2.45, 2.75) is 88.5 Å². The number of imide groups is 1. The van der Waals surface area contributed by atoms with Gasteiger partial charge in [-0.2, -0.15) is 0 Å². The molecule has 0 spiro atoms. The van der Waals surface area contributed by atoms with E-state index in [1.165, 1.54) is 4.90 Å². The van der Waals surface area contributed by atoms with Crippen molar-refractivity contribution >= 4 is 37.1 Å². The molecule has 1 aliphatic heterocycles. The normalized spacial score (nSPS) is 18.6. The molecule has 0 N–H and O–H groups in total. The lowest BCUT2D eigenvalue weighted by molar-refractivity contribution is -0.121. The molecule has 0 aromatic heterocycles. The van der Waals surface area contributed by atoms with E-state index in [0.717, 1.165) is 24.8 Å². The molecule has 2 amide bonds. The van der Waals surface area contributed by atoms with Gasteiger partial charge in [-0.15, -0.1) is 11.8 Å². The third-order valence-corrected chi connectivity index (χ3v) is 6.93. The van der Waals surface area contributed by atoms with Crippen molar-refractivity contribution in [3.05, 3.63) is 29.8 Å². The molecular weight excluding hydrogens is 353 g/mol. The van der Waals surface area contributed by atoms with Crippen molar-refractivity contribution in [2.75, 3.05) is 4.90 Å². The first-order valence-corrected chi connectivity index (χ1v) is 10.8. The predicted octanol–water partition coefficient (Wildman–Crippen LogP) is 5.28. The van der Waals surface area contributed by atoms with Gasteiger partial charge < -0.3 is 0 Å². The Balaban J connectivity index is 2.17. The van der Waals surface area contributed by atoms with E-state index in [9.17, 15) is 9.59 Å². The van der Waals surface area contributed by atoms with E-state index in [0.29, 0.717) is 17.4 Å². The van der Waals surface area contributed by atoms with Gasteiger partial charge in [0, 0.05) is 11.7 Å². The summed E-state index contributed by atoms with van der Waals surface area (Å²) in [5, 5.41) is -0.0890. The van der Waals surface area contributed by atoms with Gasteiger partial charge in [-0.25, -0.2) is 4.90 Å². The van der Waals surface area contributed by atoms with Crippen LogP contribution < -0.4 is 4.90 Å². The average Bonchev–Trinajstić information content (AvgIpc) is 2.84. The summed E-state index contributed by atoms with van der Waals surface area (Å²) in [7, 11) is 6.20. The van der Waals surface area contributed by atoms with E-state index in [1.807, 2.05) is 38.1 Å². The van der Waals surface area contributed by atoms with Gasteiger partial charge in [0.05, 0.1) is 18.8 Å². The van der Waals surface area contributed by atoms with E-state index in [1.54, 1.807) is 11.8 Å². The second-order valence-corrected chi connectivity index (χ2v) is 10.4. The molecule has 146 valence electrons. The van der Waals surface area contributed by atoms with Crippen molar-refractivity contribution in [2.24, 2.45) is 0 Å². The highest BCUT2D eigenvalue weighted by atomic mass is 32.2. The number of anilines is 1. The van der Waals surface area contributed by atoms with Crippen molar-refractivity contribution in [3.8, 4) is 0 Å². The number of rotatable bonds is 8. The first-order valence-electron chi connectivity index (χ1n) is 9.90. The molecule has 0 bridgehead atoms. The summed E-state index contributed by atoms with van der Waals surface area (Å²) in [5.41, 5.74) is 1.75. The fourth-order valence-electron chi connectivity index (χ4n) is 4.00. The Morgan fingerprint density at radius 3 is 2.15 bits per heavy atom. The van der Waals surface area contributed by atoms with E-state index in [2.05, 4.69) is 27.7 Å². The number of thioether (sulfide) groups is 1. The van der Waals surface area contributed by atoms with Crippen LogP contribution in [0, 0.1) is 0 Å². The van der Waals surface area contributed by atoms with E-state index >= 15 is 0 Å². The topological polar surface area (TPSA) is 37.4 Å². The van der Waals surface area contributed by atoms with Gasteiger partial charge in [-0.1, -0.05) is 59.0 Å². The number of nitrogens with zero attached hydrogens (tertiary/aromatic N) is 1. The van der Waals surface area contributed by atoms with Gasteiger partial charge in [0.15, 0.2) is 0 Å². The quantitative estimate of drug-likeness (QED) is 0.452. The van der Waals surface area contributed by atoms with E-state index < -0.39 is 0 Å². The van der Waals surface area contributed by atoms with Gasteiger partial charge in [0.1, 0.15) is 0 Å². The highest BCUT2D eigenvalue weighted by molar-refractivity contribution is 8.01. The van der Waals surface area contributed by atoms with Crippen LogP contribution in [-0.2, 0) is 15.0 Å². The summed E-state index contributed by atoms with van der Waals surface area (Å²) in [5.74, 6) is -0.175. The Kier molecular flexibility index (Phi) is 6.88. The summed E-state index contributed by atoms with van der Waals surface area (Å²) in [6.07, 6.45) is 3.17. The zero-order valence-corrected chi connectivity index (χ0v) is 18.4. The average molecular weight is 385 g/mol. The van der Waals surface area contributed by atoms with Gasteiger partial charge in [-0.3, -0.25) is 9.59 Å². The Labute approximate surface area is 170 Å². The van der Waals surface area contributed by atoms with Crippen molar-refractivity contribution < 1.29 is 9.59 Å². The third kappa shape index (κ3) is 5.40. The zero-order chi connectivity index (χ0) is 20.4. The lowest BCUT2D eigenvalue weighted by atomic mass is 9.62. The predicted molar refractivity (Wildman–Crippen MR) is 117 cm³/mol. The molecule has 2 radical (unpaired) electrons. The van der Waals surface area contributed by atoms with Crippen molar-refractivity contribution in [1.29, 1.82) is 0 Å². The second-order valence-electron chi connectivity index (χ2n) is 8.93. The highest BCUT2D eigenvalue weighted by Gasteiger charge is 2.40. The highest BCUT2D eigenvalue weighted by Crippen LogP contribution is 2.40. The first-order chi connectivity index (χ1) is 12.5. The molecule has 1 fully saturated rings. The molecule has 1 heterocycles. The van der Waals surface area contributed by atoms with Crippen LogP contribution in [0.2, 0.25) is 5.31 Å². The molecule has 3 nitrogen and oxygen atoms in total. The Bertz CT molecular complexity index is 675. The molecule has 27 heavy (non-hydrogen) atoms. The van der Waals surface area contributed by atoms with Gasteiger partial charge >= 0.3 is 0 Å². The molecule has 1 unspecified atom stereocenters. The summed E-state index contributed by atoms with van der Waals surface area (Å²) < 4.78 is 0. The van der Waals surface area contributed by atoms with Crippen LogP contribution in [-0.4, -0.2) is 30.2 Å². The summed E-state index contributed by atoms with van der Waals surface area (Å²) >= 11 is 1.65. The van der Waals surface area contributed by atoms with Crippen LogP contribution >= 0.6 is 11.8 Å². The van der Waals surface area contributed by atoms with Crippen LogP contribution in [0.4, 0.5) is 5.69 Å². The van der Waals surface area contributed by atoms with Crippen LogP contribution in [0.3, 0.4) is 0 Å². The Morgan fingerprint density at radius 2 is 1.67 bits per heavy atom. The van der Waals surface area contributed by atoms with Crippen LogP contribution in [0.1, 0.15) is 72.8 Å². The first kappa shape index (κ1) is 22.1. The van der Waals surface area contributed by atoms with Gasteiger partial charge in [0.2, 0.25) is 11.8 Å². The fourth-order valence-corrected chi connectivity index (χ4v) is 5.31.